The molecule has 0 amide bonds. The summed E-state index contributed by atoms with van der Waals surface area (Å²) in [7, 11) is 0. The molecule has 0 aliphatic rings. The van der Waals surface area contributed by atoms with Gasteiger partial charge in [-0.05, 0) is 31.9 Å². The maximum atomic E-state index is 12.8. The first kappa shape index (κ1) is 18.0. The molecule has 2 atom stereocenters. The van der Waals surface area contributed by atoms with Gasteiger partial charge in [-0.15, -0.1) is 6.58 Å². The smallest absolute Gasteiger partial charge is 0.344 e. The molecule has 0 saturated heterocycles. The van der Waals surface area contributed by atoms with E-state index in [0.717, 1.165) is 11.1 Å². The molecule has 0 radical (unpaired) electrons. The van der Waals surface area contributed by atoms with Crippen LogP contribution in [0.1, 0.15) is 36.5 Å². The SMILES string of the molecule is C=C[C@@H](c1ccccc1)[C@](O)(C(=O)OC(C)C)c1ccc(C)cc1. The van der Waals surface area contributed by atoms with E-state index in [0.29, 0.717) is 5.56 Å². The van der Waals surface area contributed by atoms with Gasteiger partial charge in [-0.25, -0.2) is 4.79 Å². The third-order valence-electron chi connectivity index (χ3n) is 3.99. The highest BCUT2D eigenvalue weighted by atomic mass is 16.6. The van der Waals surface area contributed by atoms with Crippen molar-refractivity contribution in [3.8, 4) is 0 Å². The number of esters is 1. The van der Waals surface area contributed by atoms with E-state index in [2.05, 4.69) is 6.58 Å². The van der Waals surface area contributed by atoms with Crippen LogP contribution in [-0.2, 0) is 15.1 Å². The summed E-state index contributed by atoms with van der Waals surface area (Å²) in [4.78, 5) is 12.8. The molecule has 24 heavy (non-hydrogen) atoms. The average Bonchev–Trinajstić information content (AvgIpc) is 2.56. The molecule has 0 aliphatic heterocycles. The van der Waals surface area contributed by atoms with Crippen molar-refractivity contribution in [1.29, 1.82) is 0 Å². The Bertz CT molecular complexity index is 689. The zero-order valence-corrected chi connectivity index (χ0v) is 14.4. The zero-order chi connectivity index (χ0) is 17.7. The van der Waals surface area contributed by atoms with Crippen molar-refractivity contribution in [2.75, 3.05) is 0 Å². The highest BCUT2D eigenvalue weighted by molar-refractivity contribution is 5.83. The van der Waals surface area contributed by atoms with Crippen LogP contribution in [0.5, 0.6) is 0 Å². The zero-order valence-electron chi connectivity index (χ0n) is 14.4. The van der Waals surface area contributed by atoms with E-state index in [1.807, 2.05) is 49.4 Å². The second-order valence-corrected chi connectivity index (χ2v) is 6.21. The molecule has 3 nitrogen and oxygen atoms in total. The number of aliphatic hydroxyl groups is 1. The largest absolute Gasteiger partial charge is 0.461 e. The van der Waals surface area contributed by atoms with Gasteiger partial charge in [0, 0.05) is 5.92 Å². The van der Waals surface area contributed by atoms with E-state index in [-0.39, 0.29) is 6.10 Å². The lowest BCUT2D eigenvalue weighted by molar-refractivity contribution is -0.172. The highest BCUT2D eigenvalue weighted by Gasteiger charge is 2.46. The van der Waals surface area contributed by atoms with Crippen LogP contribution in [0.4, 0.5) is 0 Å². The van der Waals surface area contributed by atoms with Gasteiger partial charge >= 0.3 is 5.97 Å². The summed E-state index contributed by atoms with van der Waals surface area (Å²) in [5.74, 6) is -1.29. The molecule has 2 aromatic carbocycles. The summed E-state index contributed by atoms with van der Waals surface area (Å²) < 4.78 is 5.37. The Hall–Kier alpha value is -2.39. The van der Waals surface area contributed by atoms with Gasteiger partial charge in [0.15, 0.2) is 5.60 Å². The van der Waals surface area contributed by atoms with Crippen molar-refractivity contribution in [2.45, 2.75) is 38.4 Å². The monoisotopic (exact) mass is 324 g/mol. The summed E-state index contributed by atoms with van der Waals surface area (Å²) in [5.41, 5.74) is 0.512. The van der Waals surface area contributed by atoms with E-state index < -0.39 is 17.5 Å². The van der Waals surface area contributed by atoms with Crippen LogP contribution in [0.2, 0.25) is 0 Å². The predicted octanol–water partition coefficient (Wildman–Crippen LogP) is 4.10. The standard InChI is InChI=1S/C21H24O3/c1-5-19(17-9-7-6-8-10-17)21(23,20(22)24-15(2)3)18-13-11-16(4)12-14-18/h5-15,19,23H,1H2,2-4H3/t19-,21-/m0/s1. The number of carbonyl (C=O) groups excluding carboxylic acids is 1. The molecule has 0 fully saturated rings. The van der Waals surface area contributed by atoms with Gasteiger partial charge in [-0.1, -0.05) is 66.2 Å². The lowest BCUT2D eigenvalue weighted by atomic mass is 9.77. The Kier molecular flexibility index (Phi) is 5.58. The molecule has 0 unspecified atom stereocenters. The number of hydrogen-bond donors (Lipinski definition) is 1. The van der Waals surface area contributed by atoms with Gasteiger partial charge in [-0.2, -0.15) is 0 Å². The van der Waals surface area contributed by atoms with E-state index in [4.69, 9.17) is 4.74 Å². The van der Waals surface area contributed by atoms with E-state index in [1.54, 1.807) is 32.1 Å². The van der Waals surface area contributed by atoms with Crippen molar-refractivity contribution in [2.24, 2.45) is 0 Å². The quantitative estimate of drug-likeness (QED) is 0.643. The molecule has 0 saturated carbocycles. The molecular weight excluding hydrogens is 300 g/mol. The predicted molar refractivity (Wildman–Crippen MR) is 95.7 cm³/mol. The van der Waals surface area contributed by atoms with E-state index in [1.165, 1.54) is 0 Å². The minimum absolute atomic E-state index is 0.323. The Balaban J connectivity index is 2.58. The Morgan fingerprint density at radius 3 is 2.21 bits per heavy atom. The van der Waals surface area contributed by atoms with Crippen LogP contribution >= 0.6 is 0 Å². The molecular formula is C21H24O3. The number of ether oxygens (including phenoxy) is 1. The fourth-order valence-corrected chi connectivity index (χ4v) is 2.74. The first-order chi connectivity index (χ1) is 11.4. The summed E-state index contributed by atoms with van der Waals surface area (Å²) in [5, 5.41) is 11.5. The van der Waals surface area contributed by atoms with Crippen LogP contribution in [0.15, 0.2) is 67.3 Å². The average molecular weight is 324 g/mol. The van der Waals surface area contributed by atoms with Crippen molar-refractivity contribution in [3.05, 3.63) is 83.9 Å². The molecule has 2 aromatic rings. The number of aryl methyl sites for hydroxylation is 1. The number of hydrogen-bond acceptors (Lipinski definition) is 3. The summed E-state index contributed by atoms with van der Waals surface area (Å²) in [6.07, 6.45) is 1.27. The van der Waals surface area contributed by atoms with Crippen LogP contribution in [0.3, 0.4) is 0 Å². The fraction of sp³-hybridized carbons (Fsp3) is 0.286. The maximum Gasteiger partial charge on any atom is 0.344 e. The summed E-state index contributed by atoms with van der Waals surface area (Å²) >= 11 is 0. The van der Waals surface area contributed by atoms with Gasteiger partial charge in [0.2, 0.25) is 0 Å². The molecule has 0 spiro atoms. The molecule has 0 aromatic heterocycles. The van der Waals surface area contributed by atoms with E-state index >= 15 is 0 Å². The van der Waals surface area contributed by atoms with Gasteiger partial charge < -0.3 is 9.84 Å². The Morgan fingerprint density at radius 2 is 1.71 bits per heavy atom. The first-order valence-electron chi connectivity index (χ1n) is 8.07. The second-order valence-electron chi connectivity index (χ2n) is 6.21. The normalized spacial score (nSPS) is 14.7. The molecule has 2 rings (SSSR count). The second kappa shape index (κ2) is 7.45. The minimum atomic E-state index is -1.83. The van der Waals surface area contributed by atoms with E-state index in [9.17, 15) is 9.90 Å². The molecule has 0 heterocycles. The Labute approximate surface area is 143 Å². The van der Waals surface area contributed by atoms with Crippen molar-refractivity contribution in [1.82, 2.24) is 0 Å². The number of benzene rings is 2. The van der Waals surface area contributed by atoms with Gasteiger partial charge in [0.1, 0.15) is 0 Å². The van der Waals surface area contributed by atoms with Crippen LogP contribution in [0.25, 0.3) is 0 Å². The number of carbonyl (C=O) groups is 1. The van der Waals surface area contributed by atoms with Crippen molar-refractivity contribution >= 4 is 5.97 Å². The molecule has 0 bridgehead atoms. The Morgan fingerprint density at radius 1 is 1.12 bits per heavy atom. The summed E-state index contributed by atoms with van der Waals surface area (Å²) in [6.45, 7) is 9.32. The minimum Gasteiger partial charge on any atom is -0.461 e. The van der Waals surface area contributed by atoms with Crippen LogP contribution < -0.4 is 0 Å². The van der Waals surface area contributed by atoms with Gasteiger partial charge in [0.25, 0.3) is 0 Å². The topological polar surface area (TPSA) is 46.5 Å². The van der Waals surface area contributed by atoms with Crippen molar-refractivity contribution in [3.63, 3.8) is 0 Å². The lowest BCUT2D eigenvalue weighted by Gasteiger charge is -2.34. The molecule has 0 aliphatic carbocycles. The third kappa shape index (κ3) is 3.57. The van der Waals surface area contributed by atoms with Crippen molar-refractivity contribution < 1.29 is 14.6 Å². The molecule has 3 heteroatoms. The molecule has 1 N–H and O–H groups in total. The first-order valence-corrected chi connectivity index (χ1v) is 8.07. The summed E-state index contributed by atoms with van der Waals surface area (Å²) in [6, 6.07) is 16.6. The van der Waals surface area contributed by atoms with Crippen LogP contribution in [-0.4, -0.2) is 17.2 Å². The van der Waals surface area contributed by atoms with Crippen LogP contribution in [0, 0.1) is 6.92 Å². The highest BCUT2D eigenvalue weighted by Crippen LogP contribution is 2.39. The van der Waals surface area contributed by atoms with Gasteiger partial charge in [0.05, 0.1) is 6.10 Å². The van der Waals surface area contributed by atoms with Gasteiger partial charge in [-0.3, -0.25) is 0 Å². The molecule has 126 valence electrons. The third-order valence-corrected chi connectivity index (χ3v) is 3.99. The number of rotatable bonds is 6. The fourth-order valence-electron chi connectivity index (χ4n) is 2.74. The maximum absolute atomic E-state index is 12.8. The lowest BCUT2D eigenvalue weighted by Crippen LogP contribution is -2.43.